The second kappa shape index (κ2) is 7.57. The fourth-order valence-electron chi connectivity index (χ4n) is 3.21. The van der Waals surface area contributed by atoms with Crippen molar-refractivity contribution in [3.8, 4) is 22.5 Å². The Morgan fingerprint density at radius 2 is 1.00 bits per heavy atom. The molecule has 3 nitrogen and oxygen atoms in total. The van der Waals surface area contributed by atoms with E-state index in [0.29, 0.717) is 22.5 Å². The van der Waals surface area contributed by atoms with Crippen LogP contribution in [-0.4, -0.2) is 15.8 Å². The van der Waals surface area contributed by atoms with Gasteiger partial charge in [-0.05, 0) is 38.1 Å². The van der Waals surface area contributed by atoms with Gasteiger partial charge in [0, 0.05) is 34.6 Å². The van der Waals surface area contributed by atoms with Gasteiger partial charge in [0.05, 0.1) is 11.4 Å². The molecule has 2 heterocycles. The molecule has 4 rings (SSSR count). The number of aryl methyl sites for hydroxylation is 2. The van der Waals surface area contributed by atoms with E-state index < -0.39 is 0 Å². The van der Waals surface area contributed by atoms with E-state index in [0.717, 1.165) is 11.1 Å². The van der Waals surface area contributed by atoms with Crippen molar-refractivity contribution in [2.24, 2.45) is 0 Å². The molecule has 0 aliphatic heterocycles. The monoisotopic (exact) mass is 364 g/mol. The van der Waals surface area contributed by atoms with Crippen LogP contribution >= 0.6 is 0 Å². The molecule has 28 heavy (non-hydrogen) atoms. The molecule has 2 aromatic heterocycles. The predicted molar refractivity (Wildman–Crippen MR) is 112 cm³/mol. The summed E-state index contributed by atoms with van der Waals surface area (Å²) in [6.07, 6.45) is 3.44. The molecule has 0 unspecified atom stereocenters. The van der Waals surface area contributed by atoms with E-state index in [1.807, 2.05) is 74.5 Å². The molecule has 0 atom stereocenters. The summed E-state index contributed by atoms with van der Waals surface area (Å²) in [5.41, 5.74) is 6.71. The molecule has 0 saturated carbocycles. The minimum Gasteiger partial charge on any atom is -0.288 e. The number of hydrogen-bond donors (Lipinski definition) is 0. The molecule has 4 aromatic rings. The highest BCUT2D eigenvalue weighted by Crippen LogP contribution is 2.28. The molecule has 0 spiro atoms. The average molecular weight is 364 g/mol. The largest absolute Gasteiger partial charge is 0.288 e. The van der Waals surface area contributed by atoms with Gasteiger partial charge in [-0.25, -0.2) is 0 Å². The Labute approximate surface area is 164 Å². The number of pyridine rings is 2. The molecule has 0 aliphatic carbocycles. The Morgan fingerprint density at radius 1 is 0.607 bits per heavy atom. The van der Waals surface area contributed by atoms with Gasteiger partial charge in [-0.15, -0.1) is 0 Å². The fraction of sp³-hybridized carbons (Fsp3) is 0.0800. The van der Waals surface area contributed by atoms with Crippen molar-refractivity contribution in [2.45, 2.75) is 13.8 Å². The smallest absolute Gasteiger partial charge is 0.197 e. The number of benzene rings is 2. The molecule has 0 saturated heterocycles. The third kappa shape index (κ3) is 3.47. The van der Waals surface area contributed by atoms with Crippen molar-refractivity contribution in [3.63, 3.8) is 0 Å². The summed E-state index contributed by atoms with van der Waals surface area (Å²) in [6.45, 7) is 4.08. The number of carbonyl (C=O) groups is 1. The van der Waals surface area contributed by atoms with Gasteiger partial charge in [-0.3, -0.25) is 14.8 Å². The molecule has 0 fully saturated rings. The molecule has 0 N–H and O–H groups in total. The highest BCUT2D eigenvalue weighted by molar-refractivity contribution is 6.15. The van der Waals surface area contributed by atoms with Crippen LogP contribution in [0.2, 0.25) is 0 Å². The van der Waals surface area contributed by atoms with Crippen LogP contribution in [0.1, 0.15) is 27.0 Å². The highest BCUT2D eigenvalue weighted by atomic mass is 16.1. The topological polar surface area (TPSA) is 42.9 Å². The van der Waals surface area contributed by atoms with Crippen LogP contribution in [0.5, 0.6) is 0 Å². The molecule has 0 amide bonds. The highest BCUT2D eigenvalue weighted by Gasteiger charge is 2.19. The first-order chi connectivity index (χ1) is 13.6. The first-order valence-corrected chi connectivity index (χ1v) is 9.22. The first-order valence-electron chi connectivity index (χ1n) is 9.22. The zero-order chi connectivity index (χ0) is 19.5. The minimum absolute atomic E-state index is 0.0765. The normalized spacial score (nSPS) is 10.6. The molecule has 2 aromatic carbocycles. The van der Waals surface area contributed by atoms with Crippen LogP contribution in [0.3, 0.4) is 0 Å². The Balaban J connectivity index is 1.82. The van der Waals surface area contributed by atoms with Crippen LogP contribution in [0, 0.1) is 13.8 Å². The average Bonchev–Trinajstić information content (AvgIpc) is 2.74. The Kier molecular flexibility index (Phi) is 4.81. The van der Waals surface area contributed by atoms with E-state index in [1.165, 1.54) is 11.1 Å². The second-order valence-corrected chi connectivity index (χ2v) is 6.86. The minimum atomic E-state index is -0.0765. The Hall–Kier alpha value is -3.59. The van der Waals surface area contributed by atoms with Gasteiger partial charge in [-0.2, -0.15) is 0 Å². The quantitative estimate of drug-likeness (QED) is 0.439. The van der Waals surface area contributed by atoms with Crippen molar-refractivity contribution < 1.29 is 4.79 Å². The summed E-state index contributed by atoms with van der Waals surface area (Å²) in [7, 11) is 0. The standard InChI is InChI=1S/C25H20N2O/c1-17-7-11-19(12-8-17)23-21(5-3-15-26-23)25(28)22-6-4-16-27-24(22)20-13-9-18(2)10-14-20/h3-16H,1-2H3. The van der Waals surface area contributed by atoms with E-state index in [2.05, 4.69) is 9.97 Å². The number of ketones is 1. The number of rotatable bonds is 4. The van der Waals surface area contributed by atoms with Crippen LogP contribution in [-0.2, 0) is 0 Å². The second-order valence-electron chi connectivity index (χ2n) is 6.86. The van der Waals surface area contributed by atoms with E-state index in [-0.39, 0.29) is 5.78 Å². The lowest BCUT2D eigenvalue weighted by atomic mass is 9.95. The summed E-state index contributed by atoms with van der Waals surface area (Å²) < 4.78 is 0. The third-order valence-electron chi connectivity index (χ3n) is 4.75. The van der Waals surface area contributed by atoms with Crippen LogP contribution < -0.4 is 0 Å². The van der Waals surface area contributed by atoms with Crippen LogP contribution in [0.15, 0.2) is 85.2 Å². The third-order valence-corrected chi connectivity index (χ3v) is 4.75. The Morgan fingerprint density at radius 3 is 1.39 bits per heavy atom. The Bertz CT molecular complexity index is 1040. The van der Waals surface area contributed by atoms with E-state index >= 15 is 0 Å². The SMILES string of the molecule is Cc1ccc(-c2ncccc2C(=O)c2cccnc2-c2ccc(C)cc2)cc1. The van der Waals surface area contributed by atoms with Crippen LogP contribution in [0.25, 0.3) is 22.5 Å². The lowest BCUT2D eigenvalue weighted by Crippen LogP contribution is -2.07. The maximum Gasteiger partial charge on any atom is 0.197 e. The van der Waals surface area contributed by atoms with Crippen molar-refractivity contribution in [1.29, 1.82) is 0 Å². The summed E-state index contributed by atoms with van der Waals surface area (Å²) in [6, 6.07) is 23.4. The van der Waals surface area contributed by atoms with E-state index in [4.69, 9.17) is 0 Å². The summed E-state index contributed by atoms with van der Waals surface area (Å²) >= 11 is 0. The number of aromatic nitrogens is 2. The van der Waals surface area contributed by atoms with Gasteiger partial charge in [0.15, 0.2) is 5.78 Å². The maximum atomic E-state index is 13.5. The van der Waals surface area contributed by atoms with Gasteiger partial charge in [0.2, 0.25) is 0 Å². The molecule has 0 bridgehead atoms. The van der Waals surface area contributed by atoms with Gasteiger partial charge in [0.1, 0.15) is 0 Å². The number of carbonyl (C=O) groups excluding carboxylic acids is 1. The summed E-state index contributed by atoms with van der Waals surface area (Å²) in [4.78, 5) is 22.5. The first kappa shape index (κ1) is 17.8. The maximum absolute atomic E-state index is 13.5. The van der Waals surface area contributed by atoms with Crippen molar-refractivity contribution in [3.05, 3.63) is 107 Å². The molecular weight excluding hydrogens is 344 g/mol. The predicted octanol–water partition coefficient (Wildman–Crippen LogP) is 5.66. The van der Waals surface area contributed by atoms with Crippen molar-refractivity contribution in [2.75, 3.05) is 0 Å². The van der Waals surface area contributed by atoms with Gasteiger partial charge in [0.25, 0.3) is 0 Å². The number of nitrogens with zero attached hydrogens (tertiary/aromatic N) is 2. The van der Waals surface area contributed by atoms with E-state index in [9.17, 15) is 4.79 Å². The lowest BCUT2D eigenvalue weighted by molar-refractivity contribution is 0.103. The van der Waals surface area contributed by atoms with Crippen molar-refractivity contribution >= 4 is 5.78 Å². The molecule has 3 heteroatoms. The molecular formula is C25H20N2O. The van der Waals surface area contributed by atoms with Crippen LogP contribution in [0.4, 0.5) is 0 Å². The lowest BCUT2D eigenvalue weighted by Gasteiger charge is -2.11. The summed E-state index contributed by atoms with van der Waals surface area (Å²) in [5, 5.41) is 0. The molecule has 0 aliphatic rings. The van der Waals surface area contributed by atoms with Gasteiger partial charge in [-0.1, -0.05) is 59.7 Å². The van der Waals surface area contributed by atoms with Gasteiger partial charge >= 0.3 is 0 Å². The summed E-state index contributed by atoms with van der Waals surface area (Å²) in [5.74, 6) is -0.0765. The molecule has 0 radical (unpaired) electrons. The zero-order valence-electron chi connectivity index (χ0n) is 15.9. The zero-order valence-corrected chi connectivity index (χ0v) is 15.9. The van der Waals surface area contributed by atoms with Gasteiger partial charge < -0.3 is 0 Å². The van der Waals surface area contributed by atoms with Crippen molar-refractivity contribution in [1.82, 2.24) is 9.97 Å². The van der Waals surface area contributed by atoms with E-state index in [1.54, 1.807) is 24.5 Å². The fourth-order valence-corrected chi connectivity index (χ4v) is 3.21. The number of hydrogen-bond acceptors (Lipinski definition) is 3. The molecule has 136 valence electrons.